The minimum absolute atomic E-state index is 0.0254. The van der Waals surface area contributed by atoms with Crippen LogP contribution < -0.4 is 10.1 Å². The largest absolute Gasteiger partial charge is 0.479 e. The molecule has 6 rings (SSSR count). The number of halogens is 5. The summed E-state index contributed by atoms with van der Waals surface area (Å²) in [6.45, 7) is -0.675. The third kappa shape index (κ3) is 4.31. The summed E-state index contributed by atoms with van der Waals surface area (Å²) >= 11 is 0. The molecule has 15 heteroatoms. The maximum absolute atomic E-state index is 14.7. The first-order chi connectivity index (χ1) is 17.6. The van der Waals surface area contributed by atoms with Crippen LogP contribution in [0.1, 0.15) is 0 Å². The van der Waals surface area contributed by atoms with Gasteiger partial charge in [0.25, 0.3) is 5.92 Å². The number of aromatic nitrogens is 6. The molecule has 0 spiro atoms. The van der Waals surface area contributed by atoms with E-state index >= 15 is 0 Å². The van der Waals surface area contributed by atoms with Crippen molar-refractivity contribution in [3.8, 4) is 17.0 Å². The van der Waals surface area contributed by atoms with Gasteiger partial charge >= 0.3 is 6.18 Å². The Hall–Kier alpha value is -3.59. The Morgan fingerprint density at radius 3 is 2.73 bits per heavy atom. The summed E-state index contributed by atoms with van der Waals surface area (Å²) in [7, 11) is 1.39. The molecule has 1 atom stereocenters. The number of methoxy groups -OCH3 is 1. The number of rotatable bonds is 6. The van der Waals surface area contributed by atoms with Crippen LogP contribution in [-0.4, -0.2) is 92.1 Å². The van der Waals surface area contributed by atoms with E-state index in [0.29, 0.717) is 35.4 Å². The Kier molecular flexibility index (Phi) is 5.45. The van der Waals surface area contributed by atoms with Crippen molar-refractivity contribution in [1.82, 2.24) is 34.5 Å². The van der Waals surface area contributed by atoms with Crippen LogP contribution in [0.2, 0.25) is 0 Å². The average Bonchev–Trinajstić information content (AvgIpc) is 3.46. The Labute approximate surface area is 205 Å². The minimum atomic E-state index is -4.46. The number of benzene rings is 1. The van der Waals surface area contributed by atoms with Crippen LogP contribution >= 0.6 is 0 Å². The second kappa shape index (κ2) is 8.48. The third-order valence-electron chi connectivity index (χ3n) is 6.61. The number of fused-ring (bicyclic) bond motifs is 2. The monoisotopic (exact) mass is 524 g/mol. The maximum Gasteiger partial charge on any atom is 0.408 e. The third-order valence-corrected chi connectivity index (χ3v) is 6.61. The van der Waals surface area contributed by atoms with Crippen molar-refractivity contribution in [1.29, 1.82) is 0 Å². The minimum Gasteiger partial charge on any atom is -0.479 e. The zero-order chi connectivity index (χ0) is 25.9. The fourth-order valence-electron chi connectivity index (χ4n) is 4.68. The van der Waals surface area contributed by atoms with Crippen LogP contribution in [0.5, 0.6) is 5.88 Å². The van der Waals surface area contributed by atoms with Crippen molar-refractivity contribution < 1.29 is 31.4 Å². The fraction of sp³-hybridized carbons (Fsp3) is 0.455. The molecule has 37 heavy (non-hydrogen) atoms. The zero-order valence-electron chi connectivity index (χ0n) is 19.4. The molecule has 0 aliphatic carbocycles. The van der Waals surface area contributed by atoms with Crippen LogP contribution in [0.4, 0.5) is 27.9 Å². The van der Waals surface area contributed by atoms with Crippen molar-refractivity contribution in [2.24, 2.45) is 0 Å². The first-order valence-electron chi connectivity index (χ1n) is 11.4. The highest BCUT2D eigenvalue weighted by Crippen LogP contribution is 2.35. The van der Waals surface area contributed by atoms with Gasteiger partial charge < -0.3 is 14.8 Å². The predicted molar refractivity (Wildman–Crippen MR) is 121 cm³/mol. The van der Waals surface area contributed by atoms with Gasteiger partial charge in [-0.2, -0.15) is 18.2 Å². The summed E-state index contributed by atoms with van der Waals surface area (Å²) in [5.41, 5.74) is 2.08. The SMILES string of the molecule is COc1nc(NC2CN(C3COC3)CC2(F)F)nn2ccc(-c3ccc4nnn(CC(F)(F)F)c4c3)c12. The molecule has 0 bridgehead atoms. The van der Waals surface area contributed by atoms with E-state index in [1.165, 1.54) is 11.6 Å². The number of hydrogen-bond acceptors (Lipinski definition) is 8. The van der Waals surface area contributed by atoms with Gasteiger partial charge in [-0.15, -0.1) is 10.2 Å². The quantitative estimate of drug-likeness (QED) is 0.385. The van der Waals surface area contributed by atoms with Gasteiger partial charge in [-0.05, 0) is 23.8 Å². The topological polar surface area (TPSA) is 94.6 Å². The van der Waals surface area contributed by atoms with E-state index in [-0.39, 0.29) is 36.5 Å². The molecule has 4 aromatic rings. The molecule has 0 saturated carbocycles. The molecule has 10 nitrogen and oxygen atoms in total. The molecular weight excluding hydrogens is 503 g/mol. The summed E-state index contributed by atoms with van der Waals surface area (Å²) in [6.07, 6.45) is -2.86. The van der Waals surface area contributed by atoms with E-state index < -0.39 is 24.7 Å². The maximum atomic E-state index is 14.7. The summed E-state index contributed by atoms with van der Waals surface area (Å²) in [5.74, 6) is -2.91. The number of nitrogens with zero attached hydrogens (tertiary/aromatic N) is 7. The molecule has 0 radical (unpaired) electrons. The Morgan fingerprint density at radius 2 is 2.03 bits per heavy atom. The molecule has 2 saturated heterocycles. The first kappa shape index (κ1) is 23.8. The van der Waals surface area contributed by atoms with Gasteiger partial charge in [-0.3, -0.25) is 4.90 Å². The first-order valence-corrected chi connectivity index (χ1v) is 11.4. The Morgan fingerprint density at radius 1 is 1.22 bits per heavy atom. The standard InChI is InChI=1S/C22H21F5N8O2/c1-36-19-18-14(12-2-3-15-16(6-12)35(32-30-15)11-22(25,26)27)4-5-34(18)31-20(29-19)28-17-7-33(10-21(17,23)24)13-8-37-9-13/h2-6,13,17H,7-11H2,1H3,(H,28,31). The van der Waals surface area contributed by atoms with Crippen LogP contribution in [0, 0.1) is 0 Å². The van der Waals surface area contributed by atoms with Gasteiger partial charge in [0.05, 0.1) is 38.4 Å². The lowest BCUT2D eigenvalue weighted by molar-refractivity contribution is -0.142. The van der Waals surface area contributed by atoms with Crippen molar-refractivity contribution >= 4 is 22.5 Å². The van der Waals surface area contributed by atoms with Gasteiger partial charge in [-0.25, -0.2) is 18.0 Å². The Balaban J connectivity index is 1.33. The van der Waals surface area contributed by atoms with Crippen molar-refractivity contribution in [2.75, 3.05) is 38.7 Å². The highest BCUT2D eigenvalue weighted by Gasteiger charge is 2.51. The van der Waals surface area contributed by atoms with Crippen LogP contribution in [-0.2, 0) is 11.3 Å². The number of hydrogen-bond donors (Lipinski definition) is 1. The second-order valence-electron chi connectivity index (χ2n) is 9.11. The van der Waals surface area contributed by atoms with Crippen LogP contribution in [0.15, 0.2) is 30.5 Å². The fourth-order valence-corrected chi connectivity index (χ4v) is 4.68. The lowest BCUT2D eigenvalue weighted by Gasteiger charge is -2.34. The highest BCUT2D eigenvalue weighted by atomic mass is 19.4. The summed E-state index contributed by atoms with van der Waals surface area (Å²) < 4.78 is 81.1. The smallest absolute Gasteiger partial charge is 0.408 e. The molecule has 1 aromatic carbocycles. The average molecular weight is 524 g/mol. The van der Waals surface area contributed by atoms with E-state index in [4.69, 9.17) is 9.47 Å². The van der Waals surface area contributed by atoms with E-state index in [2.05, 4.69) is 25.7 Å². The molecule has 1 unspecified atom stereocenters. The molecule has 5 heterocycles. The molecule has 2 aliphatic heterocycles. The van der Waals surface area contributed by atoms with E-state index in [1.54, 1.807) is 35.4 Å². The van der Waals surface area contributed by atoms with Gasteiger partial charge in [-0.1, -0.05) is 11.3 Å². The molecule has 3 aromatic heterocycles. The summed E-state index contributed by atoms with van der Waals surface area (Å²) in [4.78, 5) is 6.00. The number of anilines is 1. The van der Waals surface area contributed by atoms with Gasteiger partial charge in [0.1, 0.15) is 23.6 Å². The number of alkyl halides is 5. The zero-order valence-corrected chi connectivity index (χ0v) is 19.4. The number of likely N-dealkylation sites (tertiary alicyclic amines) is 1. The molecule has 0 amide bonds. The van der Waals surface area contributed by atoms with Gasteiger partial charge in [0.2, 0.25) is 11.8 Å². The lowest BCUT2D eigenvalue weighted by atomic mass is 10.1. The highest BCUT2D eigenvalue weighted by molar-refractivity contribution is 5.89. The summed E-state index contributed by atoms with van der Waals surface area (Å²) in [5, 5.41) is 14.5. The van der Waals surface area contributed by atoms with Gasteiger partial charge in [0, 0.05) is 18.3 Å². The van der Waals surface area contributed by atoms with Crippen molar-refractivity contribution in [3.63, 3.8) is 0 Å². The number of ether oxygens (including phenoxy) is 2. The van der Waals surface area contributed by atoms with E-state index in [0.717, 1.165) is 4.68 Å². The second-order valence-corrected chi connectivity index (χ2v) is 9.11. The van der Waals surface area contributed by atoms with Crippen molar-refractivity contribution in [3.05, 3.63) is 30.5 Å². The molecule has 196 valence electrons. The van der Waals surface area contributed by atoms with Crippen LogP contribution in [0.3, 0.4) is 0 Å². The number of nitrogens with one attached hydrogen (secondary N) is 1. The molecule has 2 aliphatic rings. The van der Waals surface area contributed by atoms with E-state index in [9.17, 15) is 22.0 Å². The Bertz CT molecular complexity index is 1460. The van der Waals surface area contributed by atoms with Gasteiger partial charge in [0.15, 0.2) is 0 Å². The summed E-state index contributed by atoms with van der Waals surface area (Å²) in [6, 6.07) is 5.26. The molecular formula is C22H21F5N8O2. The van der Waals surface area contributed by atoms with E-state index in [1.807, 2.05) is 0 Å². The van der Waals surface area contributed by atoms with Crippen LogP contribution in [0.25, 0.3) is 27.7 Å². The normalized spacial score (nSPS) is 20.5. The predicted octanol–water partition coefficient (Wildman–Crippen LogP) is 2.84. The molecule has 1 N–H and O–H groups in total. The lowest BCUT2D eigenvalue weighted by Crippen LogP contribution is -2.48. The van der Waals surface area contributed by atoms with Crippen molar-refractivity contribution in [2.45, 2.75) is 30.7 Å². The molecule has 2 fully saturated rings.